The number of halogens is 4. The van der Waals surface area contributed by atoms with Crippen LogP contribution in [0.2, 0.25) is 0 Å². The predicted molar refractivity (Wildman–Crippen MR) is 179 cm³/mol. The van der Waals surface area contributed by atoms with Crippen molar-refractivity contribution in [1.29, 1.82) is 0 Å². The number of hydrogen-bond acceptors (Lipinski definition) is 2. The SMILES string of the molecule is Cc1ccc(-c2ccco2)n1-c1ccc(F)[c]([Ti]([C]2=CC=CC2)([C]2=CC=CC2)[c]2c(F)ccc(-n3c(C)ccc3-c3ccco3)c2F)c1F. The molecule has 0 unspecified atom stereocenters. The molecule has 49 heavy (non-hydrogen) atoms. The van der Waals surface area contributed by atoms with Gasteiger partial charge >= 0.3 is 285 Å². The Labute approximate surface area is 284 Å². The van der Waals surface area contributed by atoms with Gasteiger partial charge in [0.1, 0.15) is 0 Å². The number of rotatable bonds is 8. The molecular formula is C40H30F4N2O2Ti. The second kappa shape index (κ2) is 12.1. The van der Waals surface area contributed by atoms with Crippen LogP contribution < -0.4 is 7.74 Å². The molecule has 0 amide bonds. The van der Waals surface area contributed by atoms with Crippen LogP contribution in [-0.4, -0.2) is 9.13 Å². The quantitative estimate of drug-likeness (QED) is 0.118. The first-order valence-corrected chi connectivity index (χ1v) is 19.1. The van der Waals surface area contributed by atoms with E-state index in [1.807, 2.05) is 38.1 Å². The number of benzene rings is 2. The monoisotopic (exact) mass is 694 g/mol. The molecule has 6 aromatic rings. The van der Waals surface area contributed by atoms with E-state index in [4.69, 9.17) is 8.83 Å². The van der Waals surface area contributed by atoms with Crippen molar-refractivity contribution in [2.45, 2.75) is 26.7 Å². The van der Waals surface area contributed by atoms with Gasteiger partial charge in [0.2, 0.25) is 0 Å². The van der Waals surface area contributed by atoms with Crippen LogP contribution in [0.4, 0.5) is 17.6 Å². The number of nitrogens with zero attached hydrogens (tertiary/aromatic N) is 2. The fourth-order valence-electron chi connectivity index (χ4n) is 7.49. The van der Waals surface area contributed by atoms with Gasteiger partial charge in [-0.05, 0) is 0 Å². The van der Waals surface area contributed by atoms with Crippen molar-refractivity contribution in [3.8, 4) is 34.3 Å². The van der Waals surface area contributed by atoms with Gasteiger partial charge in [0.25, 0.3) is 0 Å². The topological polar surface area (TPSA) is 36.1 Å². The maximum atomic E-state index is 17.7. The van der Waals surface area contributed by atoms with Gasteiger partial charge < -0.3 is 0 Å². The fourth-order valence-corrected chi connectivity index (χ4v) is 15.7. The molecule has 2 aromatic carbocycles. The van der Waals surface area contributed by atoms with Gasteiger partial charge in [0, 0.05) is 0 Å². The molecule has 244 valence electrons. The molecule has 4 heterocycles. The zero-order valence-electron chi connectivity index (χ0n) is 26.7. The van der Waals surface area contributed by atoms with E-state index in [0.29, 0.717) is 54.9 Å². The molecule has 2 aliphatic carbocycles. The van der Waals surface area contributed by atoms with Crippen LogP contribution in [0.5, 0.6) is 0 Å². The fraction of sp³-hybridized carbons (Fsp3) is 0.100. The molecule has 4 aromatic heterocycles. The molecule has 0 bridgehead atoms. The molecule has 0 saturated heterocycles. The molecule has 8 rings (SSSR count). The van der Waals surface area contributed by atoms with Crippen molar-refractivity contribution in [3.63, 3.8) is 0 Å². The Morgan fingerprint density at radius 3 is 1.39 bits per heavy atom. The van der Waals surface area contributed by atoms with Crippen molar-refractivity contribution in [2.24, 2.45) is 0 Å². The third-order valence-electron chi connectivity index (χ3n) is 9.58. The van der Waals surface area contributed by atoms with Gasteiger partial charge in [0.15, 0.2) is 0 Å². The zero-order valence-corrected chi connectivity index (χ0v) is 28.2. The molecule has 9 heteroatoms. The van der Waals surface area contributed by atoms with Crippen LogP contribution >= 0.6 is 0 Å². The van der Waals surface area contributed by atoms with E-state index < -0.39 is 39.9 Å². The predicted octanol–water partition coefficient (Wildman–Crippen LogP) is 9.75. The molecule has 0 N–H and O–H groups in total. The number of aryl methyl sites for hydroxylation is 2. The standard InChI is InChI=1S/2C15H10F2NO.2C5H5.Ti/c2*1-10-4-6-14(15-3-2-8-19-15)18(10)13-7-5-11(16)9-12(13)17;2*1-2-4-5-3-1;/h2*2-8H,1H3;2*1-3H,4H2;. The molecule has 0 saturated carbocycles. The maximum absolute atomic E-state index is 17.7. The van der Waals surface area contributed by atoms with E-state index in [1.54, 1.807) is 69.8 Å². The summed E-state index contributed by atoms with van der Waals surface area (Å²) < 4.78 is 84.5. The number of hydrogen-bond donors (Lipinski definition) is 0. The van der Waals surface area contributed by atoms with E-state index in [1.165, 1.54) is 36.8 Å². The van der Waals surface area contributed by atoms with Gasteiger partial charge in [-0.1, -0.05) is 0 Å². The van der Waals surface area contributed by atoms with Gasteiger partial charge in [-0.25, -0.2) is 0 Å². The summed E-state index contributed by atoms with van der Waals surface area (Å²) in [6.07, 6.45) is 14.6. The summed E-state index contributed by atoms with van der Waals surface area (Å²) in [6, 6.07) is 19.4. The third-order valence-corrected chi connectivity index (χ3v) is 17.5. The normalized spacial score (nSPS) is 14.2. The molecule has 4 nitrogen and oxygen atoms in total. The van der Waals surface area contributed by atoms with E-state index >= 15 is 17.6 Å². The second-order valence-electron chi connectivity index (χ2n) is 12.3. The second-order valence-corrected chi connectivity index (χ2v) is 18.2. The number of aromatic nitrogens is 2. The molecule has 0 aliphatic heterocycles. The minimum atomic E-state index is -5.14. The van der Waals surface area contributed by atoms with Crippen LogP contribution in [0.15, 0.2) is 138 Å². The van der Waals surface area contributed by atoms with Gasteiger partial charge in [-0.2, -0.15) is 0 Å². The van der Waals surface area contributed by atoms with Crippen molar-refractivity contribution in [2.75, 3.05) is 0 Å². The summed E-state index contributed by atoms with van der Waals surface area (Å²) in [6.45, 7) is 3.63. The molecule has 0 radical (unpaired) electrons. The number of allylic oxidation sites excluding steroid dienone is 8. The Morgan fingerprint density at radius 2 is 1.02 bits per heavy atom. The Balaban J connectivity index is 1.47. The zero-order chi connectivity index (χ0) is 33.9. The van der Waals surface area contributed by atoms with Crippen molar-refractivity contribution in [3.05, 3.63) is 164 Å². The molecule has 0 atom stereocenters. The third kappa shape index (κ3) is 4.77. The summed E-state index contributed by atoms with van der Waals surface area (Å²) >= 11 is -5.14. The Kier molecular flexibility index (Phi) is 7.73. The van der Waals surface area contributed by atoms with E-state index in [2.05, 4.69) is 0 Å². The minimum absolute atomic E-state index is 0.0664. The van der Waals surface area contributed by atoms with E-state index in [-0.39, 0.29) is 19.1 Å². The Morgan fingerprint density at radius 1 is 0.571 bits per heavy atom. The first-order chi connectivity index (χ1) is 23.8. The average molecular weight is 695 g/mol. The summed E-state index contributed by atoms with van der Waals surface area (Å²) in [4.78, 5) is 0. The first kappa shape index (κ1) is 31.2. The molecular weight excluding hydrogens is 664 g/mol. The van der Waals surface area contributed by atoms with Crippen LogP contribution in [-0.2, 0) is 16.6 Å². The summed E-state index contributed by atoms with van der Waals surface area (Å²) in [5.41, 5.74) is 2.62. The van der Waals surface area contributed by atoms with E-state index in [0.717, 1.165) is 0 Å². The molecule has 0 fully saturated rings. The van der Waals surface area contributed by atoms with Crippen LogP contribution in [0, 0.1) is 37.1 Å². The van der Waals surface area contributed by atoms with Gasteiger partial charge in [0.05, 0.1) is 0 Å². The average Bonchev–Trinajstić information content (AvgIpc) is 3.92. The van der Waals surface area contributed by atoms with Gasteiger partial charge in [-0.3, -0.25) is 0 Å². The van der Waals surface area contributed by atoms with E-state index in [9.17, 15) is 0 Å². The van der Waals surface area contributed by atoms with Crippen molar-refractivity contribution < 1.29 is 43.0 Å². The summed E-state index contributed by atoms with van der Waals surface area (Å²) in [5.74, 6) is -2.41. The van der Waals surface area contributed by atoms with Crippen LogP contribution in [0.25, 0.3) is 34.3 Å². The summed E-state index contributed by atoms with van der Waals surface area (Å²) in [5, 5.41) is 0. The first-order valence-electron chi connectivity index (χ1n) is 16.0. The molecule has 0 spiro atoms. The summed E-state index contributed by atoms with van der Waals surface area (Å²) in [7, 11) is 0. The van der Waals surface area contributed by atoms with Crippen molar-refractivity contribution >= 4 is 7.74 Å². The van der Waals surface area contributed by atoms with Gasteiger partial charge in [-0.15, -0.1) is 0 Å². The molecule has 2 aliphatic rings. The Bertz CT molecular complexity index is 2190. The Hall–Kier alpha value is -5.05. The van der Waals surface area contributed by atoms with Crippen LogP contribution in [0.3, 0.4) is 0 Å². The number of furan rings is 2. The van der Waals surface area contributed by atoms with Crippen LogP contribution in [0.1, 0.15) is 24.2 Å². The van der Waals surface area contributed by atoms with Crippen molar-refractivity contribution in [1.82, 2.24) is 9.13 Å².